The van der Waals surface area contributed by atoms with Gasteiger partial charge in [0.05, 0.1) is 26.3 Å². The van der Waals surface area contributed by atoms with Crippen LogP contribution in [0.3, 0.4) is 0 Å². The predicted octanol–water partition coefficient (Wildman–Crippen LogP) is 3.46. The summed E-state index contributed by atoms with van der Waals surface area (Å²) in [5.74, 6) is 1.58. The highest BCUT2D eigenvalue weighted by molar-refractivity contribution is 7.13. The first-order chi connectivity index (χ1) is 14.2. The molecule has 156 valence electrons. The van der Waals surface area contributed by atoms with Crippen molar-refractivity contribution in [3.63, 3.8) is 0 Å². The van der Waals surface area contributed by atoms with Gasteiger partial charge in [0.25, 0.3) is 0 Å². The van der Waals surface area contributed by atoms with Gasteiger partial charge in [0, 0.05) is 30.1 Å². The minimum Gasteiger partial charge on any atom is -0.493 e. The molecule has 29 heavy (non-hydrogen) atoms. The molecular weight excluding hydrogens is 386 g/mol. The average Bonchev–Trinajstić information content (AvgIpc) is 3.50. The van der Waals surface area contributed by atoms with Crippen LogP contribution in [0.5, 0.6) is 11.5 Å². The molecule has 3 heterocycles. The number of hydrogen-bond acceptors (Lipinski definition) is 6. The summed E-state index contributed by atoms with van der Waals surface area (Å²) in [4.78, 5) is 22.3. The Morgan fingerprint density at radius 1 is 1.14 bits per heavy atom. The molecule has 1 unspecified atom stereocenters. The van der Waals surface area contributed by atoms with E-state index in [0.717, 1.165) is 42.2 Å². The fourth-order valence-corrected chi connectivity index (χ4v) is 5.18. The third-order valence-electron chi connectivity index (χ3n) is 5.88. The molecule has 0 aliphatic carbocycles. The maximum absolute atomic E-state index is 13.0. The molecule has 1 aromatic heterocycles. The molecule has 1 atom stereocenters. The summed E-state index contributed by atoms with van der Waals surface area (Å²) in [6, 6.07) is 6.14. The number of thiazole rings is 1. The van der Waals surface area contributed by atoms with Crippen LogP contribution in [-0.2, 0) is 11.2 Å². The van der Waals surface area contributed by atoms with E-state index in [1.54, 1.807) is 25.6 Å². The van der Waals surface area contributed by atoms with Crippen molar-refractivity contribution in [2.75, 3.05) is 40.4 Å². The van der Waals surface area contributed by atoms with E-state index in [0.29, 0.717) is 24.0 Å². The van der Waals surface area contributed by atoms with E-state index in [1.807, 2.05) is 23.6 Å². The van der Waals surface area contributed by atoms with E-state index in [4.69, 9.17) is 14.5 Å². The number of benzene rings is 1. The van der Waals surface area contributed by atoms with Crippen LogP contribution < -0.4 is 9.47 Å². The van der Waals surface area contributed by atoms with Crippen molar-refractivity contribution in [1.82, 2.24) is 14.8 Å². The Morgan fingerprint density at radius 2 is 1.93 bits per heavy atom. The number of carbonyl (C=O) groups is 1. The highest BCUT2D eigenvalue weighted by Gasteiger charge is 2.31. The normalized spacial score (nSPS) is 19.7. The first-order valence-corrected chi connectivity index (χ1v) is 11.2. The van der Waals surface area contributed by atoms with Gasteiger partial charge in [0.2, 0.25) is 5.91 Å². The van der Waals surface area contributed by atoms with Gasteiger partial charge in [-0.05, 0) is 57.0 Å². The molecule has 1 amide bonds. The predicted molar refractivity (Wildman–Crippen MR) is 115 cm³/mol. The zero-order chi connectivity index (χ0) is 20.2. The molecule has 6 nitrogen and oxygen atoms in total. The second-order valence-electron chi connectivity index (χ2n) is 7.78. The second-order valence-corrected chi connectivity index (χ2v) is 8.64. The van der Waals surface area contributed by atoms with Crippen LogP contribution in [0.4, 0.5) is 0 Å². The van der Waals surface area contributed by atoms with Gasteiger partial charge in [-0.15, -0.1) is 11.3 Å². The fraction of sp³-hybridized carbons (Fsp3) is 0.545. The van der Waals surface area contributed by atoms with Gasteiger partial charge < -0.3 is 19.3 Å². The number of hydrogen-bond donors (Lipinski definition) is 0. The number of ether oxygens (including phenoxy) is 2. The summed E-state index contributed by atoms with van der Waals surface area (Å²) in [6.07, 6.45) is 5.19. The van der Waals surface area contributed by atoms with Gasteiger partial charge in [0.15, 0.2) is 11.5 Å². The molecule has 2 saturated heterocycles. The van der Waals surface area contributed by atoms with Crippen molar-refractivity contribution in [2.24, 2.45) is 0 Å². The Labute approximate surface area is 176 Å². The SMILES string of the molecule is COc1ccc(-c2nc(CC(=O)N3CCCC3CN3CCCC3)cs2)cc1OC. The summed E-state index contributed by atoms with van der Waals surface area (Å²) in [5, 5.41) is 2.89. The van der Waals surface area contributed by atoms with E-state index in [1.165, 1.54) is 25.9 Å². The second kappa shape index (κ2) is 9.13. The van der Waals surface area contributed by atoms with Gasteiger partial charge >= 0.3 is 0 Å². The van der Waals surface area contributed by atoms with E-state index in [9.17, 15) is 4.79 Å². The fourth-order valence-electron chi connectivity index (χ4n) is 4.36. The molecule has 0 N–H and O–H groups in total. The third-order valence-corrected chi connectivity index (χ3v) is 6.82. The van der Waals surface area contributed by atoms with Gasteiger partial charge in [-0.1, -0.05) is 0 Å². The van der Waals surface area contributed by atoms with Crippen molar-refractivity contribution < 1.29 is 14.3 Å². The molecule has 7 heteroatoms. The van der Waals surface area contributed by atoms with Gasteiger partial charge in [0.1, 0.15) is 5.01 Å². The molecule has 2 aromatic rings. The Bertz CT molecular complexity index is 848. The summed E-state index contributed by atoms with van der Waals surface area (Å²) >= 11 is 1.56. The van der Waals surface area contributed by atoms with Crippen LogP contribution in [0.25, 0.3) is 10.6 Å². The van der Waals surface area contributed by atoms with Crippen LogP contribution in [-0.4, -0.2) is 67.1 Å². The quantitative estimate of drug-likeness (QED) is 0.693. The Hall–Kier alpha value is -2.12. The van der Waals surface area contributed by atoms with Crippen molar-refractivity contribution in [2.45, 2.75) is 38.1 Å². The van der Waals surface area contributed by atoms with Gasteiger partial charge in [-0.3, -0.25) is 4.79 Å². The maximum atomic E-state index is 13.0. The standard InChI is InChI=1S/C22H29N3O3S/c1-27-19-8-7-16(12-20(19)28-2)22-23-17(15-29-22)13-21(26)25-11-5-6-18(25)14-24-9-3-4-10-24/h7-8,12,15,18H,3-6,9-11,13-14H2,1-2H3. The van der Waals surface area contributed by atoms with Gasteiger partial charge in [-0.25, -0.2) is 4.98 Å². The minimum absolute atomic E-state index is 0.204. The van der Waals surface area contributed by atoms with Crippen LogP contribution >= 0.6 is 11.3 Å². The molecule has 0 saturated carbocycles. The monoisotopic (exact) mass is 415 g/mol. The van der Waals surface area contributed by atoms with E-state index in [2.05, 4.69) is 9.80 Å². The van der Waals surface area contributed by atoms with Crippen molar-refractivity contribution >= 4 is 17.2 Å². The summed E-state index contributed by atoms with van der Waals surface area (Å²) < 4.78 is 10.7. The Morgan fingerprint density at radius 3 is 2.69 bits per heavy atom. The number of carbonyl (C=O) groups excluding carboxylic acids is 1. The van der Waals surface area contributed by atoms with Crippen LogP contribution in [0.1, 0.15) is 31.4 Å². The summed E-state index contributed by atoms with van der Waals surface area (Å²) in [6.45, 7) is 4.27. The van der Waals surface area contributed by atoms with E-state index >= 15 is 0 Å². The topological polar surface area (TPSA) is 54.9 Å². The van der Waals surface area contributed by atoms with Crippen LogP contribution in [0, 0.1) is 0 Å². The molecular formula is C22H29N3O3S. The first kappa shape index (κ1) is 20.2. The molecule has 1 aromatic carbocycles. The Kier molecular flexibility index (Phi) is 6.35. The lowest BCUT2D eigenvalue weighted by Gasteiger charge is -2.28. The van der Waals surface area contributed by atoms with Crippen molar-refractivity contribution in [1.29, 1.82) is 0 Å². The molecule has 0 radical (unpaired) electrons. The number of aromatic nitrogens is 1. The number of amides is 1. The highest BCUT2D eigenvalue weighted by atomic mass is 32.1. The molecule has 4 rings (SSSR count). The van der Waals surface area contributed by atoms with Crippen molar-refractivity contribution in [3.8, 4) is 22.1 Å². The molecule has 2 aliphatic rings. The lowest BCUT2D eigenvalue weighted by atomic mass is 10.2. The van der Waals surface area contributed by atoms with E-state index < -0.39 is 0 Å². The lowest BCUT2D eigenvalue weighted by molar-refractivity contribution is -0.131. The summed E-state index contributed by atoms with van der Waals surface area (Å²) in [5.41, 5.74) is 1.82. The lowest BCUT2D eigenvalue weighted by Crippen LogP contribution is -2.43. The van der Waals surface area contributed by atoms with E-state index in [-0.39, 0.29) is 5.91 Å². The van der Waals surface area contributed by atoms with Crippen molar-refractivity contribution in [3.05, 3.63) is 29.3 Å². The highest BCUT2D eigenvalue weighted by Crippen LogP contribution is 2.33. The smallest absolute Gasteiger partial charge is 0.228 e. The number of rotatable bonds is 7. The molecule has 2 fully saturated rings. The van der Waals surface area contributed by atoms with Gasteiger partial charge in [-0.2, -0.15) is 0 Å². The Balaban J connectivity index is 1.41. The van der Waals surface area contributed by atoms with Crippen LogP contribution in [0.15, 0.2) is 23.6 Å². The minimum atomic E-state index is 0.204. The average molecular weight is 416 g/mol. The first-order valence-electron chi connectivity index (χ1n) is 10.4. The molecule has 0 spiro atoms. The zero-order valence-electron chi connectivity index (χ0n) is 17.2. The molecule has 0 bridgehead atoms. The number of likely N-dealkylation sites (tertiary alicyclic amines) is 2. The number of nitrogens with zero attached hydrogens (tertiary/aromatic N) is 3. The third kappa shape index (κ3) is 4.56. The largest absolute Gasteiger partial charge is 0.493 e. The summed E-state index contributed by atoms with van der Waals surface area (Å²) in [7, 11) is 3.25. The zero-order valence-corrected chi connectivity index (χ0v) is 18.0. The van der Waals surface area contributed by atoms with Crippen LogP contribution in [0.2, 0.25) is 0 Å². The number of methoxy groups -OCH3 is 2. The molecule has 2 aliphatic heterocycles. The maximum Gasteiger partial charge on any atom is 0.228 e.